The SMILES string of the molecule is CC(=O)C(C)(C)S(=O)(=O)Cl. The highest BCUT2D eigenvalue weighted by Gasteiger charge is 2.37. The lowest BCUT2D eigenvalue weighted by Gasteiger charge is -2.15. The van der Waals surface area contributed by atoms with E-state index in [1.165, 1.54) is 20.8 Å². The molecule has 0 saturated heterocycles. The number of halogens is 1. The lowest BCUT2D eigenvalue weighted by atomic mass is 10.1. The molecule has 0 N–H and O–H groups in total. The first-order valence-corrected chi connectivity index (χ1v) is 4.96. The number of ketones is 1. The number of carbonyl (C=O) groups is 1. The van der Waals surface area contributed by atoms with E-state index in [2.05, 4.69) is 0 Å². The summed E-state index contributed by atoms with van der Waals surface area (Å²) in [5, 5.41) is 0. The van der Waals surface area contributed by atoms with Gasteiger partial charge < -0.3 is 0 Å². The molecule has 0 bridgehead atoms. The molecule has 0 aliphatic rings. The molecular weight excluding hydrogens is 176 g/mol. The largest absolute Gasteiger partial charge is 0.298 e. The Morgan fingerprint density at radius 1 is 1.40 bits per heavy atom. The van der Waals surface area contributed by atoms with Crippen molar-refractivity contribution < 1.29 is 13.2 Å². The van der Waals surface area contributed by atoms with Crippen LogP contribution in [0.5, 0.6) is 0 Å². The molecule has 0 spiro atoms. The third kappa shape index (κ3) is 1.70. The van der Waals surface area contributed by atoms with Crippen LogP contribution in [0.15, 0.2) is 0 Å². The Balaban J connectivity index is 4.95. The summed E-state index contributed by atoms with van der Waals surface area (Å²) in [5.74, 6) is -0.456. The summed E-state index contributed by atoms with van der Waals surface area (Å²) in [4.78, 5) is 10.6. The van der Waals surface area contributed by atoms with Crippen molar-refractivity contribution in [2.24, 2.45) is 0 Å². The lowest BCUT2D eigenvalue weighted by molar-refractivity contribution is -0.118. The molecule has 0 rings (SSSR count). The van der Waals surface area contributed by atoms with Gasteiger partial charge in [0.2, 0.25) is 9.05 Å². The second kappa shape index (κ2) is 2.51. The van der Waals surface area contributed by atoms with Crippen LogP contribution in [-0.2, 0) is 13.8 Å². The molecule has 0 fully saturated rings. The quantitative estimate of drug-likeness (QED) is 0.600. The predicted molar refractivity (Wildman–Crippen MR) is 39.5 cm³/mol. The van der Waals surface area contributed by atoms with Crippen molar-refractivity contribution in [2.75, 3.05) is 0 Å². The minimum absolute atomic E-state index is 0.456. The van der Waals surface area contributed by atoms with Gasteiger partial charge in [0.15, 0.2) is 5.78 Å². The van der Waals surface area contributed by atoms with Gasteiger partial charge in [-0.15, -0.1) is 0 Å². The zero-order chi connectivity index (χ0) is 8.58. The molecule has 0 atom stereocenters. The Bertz CT molecular complexity index is 240. The molecule has 0 radical (unpaired) electrons. The van der Waals surface area contributed by atoms with E-state index in [0.717, 1.165) is 0 Å². The highest BCUT2D eigenvalue weighted by Crippen LogP contribution is 2.21. The normalized spacial score (nSPS) is 13.2. The fourth-order valence-corrected chi connectivity index (χ4v) is 0.841. The van der Waals surface area contributed by atoms with E-state index in [1.807, 2.05) is 0 Å². The van der Waals surface area contributed by atoms with Gasteiger partial charge in [0.1, 0.15) is 4.75 Å². The van der Waals surface area contributed by atoms with Crippen molar-refractivity contribution in [1.82, 2.24) is 0 Å². The Morgan fingerprint density at radius 3 is 1.70 bits per heavy atom. The number of Topliss-reactive ketones (excluding diaryl/α,β-unsaturated/α-hetero) is 1. The van der Waals surface area contributed by atoms with Crippen molar-refractivity contribution in [2.45, 2.75) is 25.5 Å². The van der Waals surface area contributed by atoms with Crippen molar-refractivity contribution in [3.8, 4) is 0 Å². The van der Waals surface area contributed by atoms with Crippen LogP contribution < -0.4 is 0 Å². The monoisotopic (exact) mass is 184 g/mol. The molecular formula is C5H9ClO3S. The average molecular weight is 185 g/mol. The Morgan fingerprint density at radius 2 is 1.70 bits per heavy atom. The third-order valence-corrected chi connectivity index (χ3v) is 4.12. The maximum Gasteiger partial charge on any atom is 0.244 e. The van der Waals surface area contributed by atoms with Crippen molar-refractivity contribution >= 4 is 25.5 Å². The molecule has 0 saturated carbocycles. The fourth-order valence-electron chi connectivity index (χ4n) is 0.172. The van der Waals surface area contributed by atoms with E-state index in [0.29, 0.717) is 0 Å². The van der Waals surface area contributed by atoms with Gasteiger partial charge in [-0.25, -0.2) is 8.42 Å². The van der Waals surface area contributed by atoms with Crippen LogP contribution in [0.4, 0.5) is 0 Å². The fraction of sp³-hybridized carbons (Fsp3) is 0.800. The summed E-state index contributed by atoms with van der Waals surface area (Å²) in [5.41, 5.74) is 0. The summed E-state index contributed by atoms with van der Waals surface area (Å²) < 4.78 is 19.8. The summed E-state index contributed by atoms with van der Waals surface area (Å²) in [6.07, 6.45) is 0. The molecule has 0 aromatic carbocycles. The molecule has 10 heavy (non-hydrogen) atoms. The van der Waals surface area contributed by atoms with E-state index in [-0.39, 0.29) is 0 Å². The van der Waals surface area contributed by atoms with Gasteiger partial charge in [-0.1, -0.05) is 0 Å². The highest BCUT2D eigenvalue weighted by molar-refractivity contribution is 8.15. The maximum absolute atomic E-state index is 10.6. The van der Waals surface area contributed by atoms with Crippen LogP contribution in [-0.4, -0.2) is 18.9 Å². The van der Waals surface area contributed by atoms with Gasteiger partial charge in [0.25, 0.3) is 0 Å². The van der Waals surface area contributed by atoms with Crippen molar-refractivity contribution in [3.05, 3.63) is 0 Å². The number of hydrogen-bond acceptors (Lipinski definition) is 3. The molecule has 0 heterocycles. The summed E-state index contributed by atoms with van der Waals surface area (Å²) in [6, 6.07) is 0. The van der Waals surface area contributed by atoms with Gasteiger partial charge in [-0.3, -0.25) is 4.79 Å². The van der Waals surface area contributed by atoms with E-state index in [1.54, 1.807) is 0 Å². The molecule has 3 nitrogen and oxygen atoms in total. The molecule has 0 amide bonds. The first-order valence-electron chi connectivity index (χ1n) is 2.65. The number of rotatable bonds is 2. The van der Waals surface area contributed by atoms with Crippen molar-refractivity contribution in [3.63, 3.8) is 0 Å². The van der Waals surface area contributed by atoms with Crippen LogP contribution in [0.25, 0.3) is 0 Å². The molecule has 60 valence electrons. The van der Waals surface area contributed by atoms with Crippen LogP contribution in [0, 0.1) is 0 Å². The van der Waals surface area contributed by atoms with Crippen LogP contribution in [0.1, 0.15) is 20.8 Å². The van der Waals surface area contributed by atoms with E-state index in [9.17, 15) is 13.2 Å². The number of carbonyl (C=O) groups excluding carboxylic acids is 1. The summed E-state index contributed by atoms with van der Waals surface area (Å²) >= 11 is 0. The predicted octanol–water partition coefficient (Wildman–Crippen LogP) is 0.923. The minimum Gasteiger partial charge on any atom is -0.298 e. The molecule has 0 aromatic heterocycles. The molecule has 5 heteroatoms. The van der Waals surface area contributed by atoms with Crippen molar-refractivity contribution in [1.29, 1.82) is 0 Å². The third-order valence-electron chi connectivity index (χ3n) is 1.46. The second-order valence-corrected chi connectivity index (χ2v) is 5.62. The Kier molecular flexibility index (Phi) is 2.49. The van der Waals surface area contributed by atoms with Gasteiger partial charge >= 0.3 is 0 Å². The van der Waals surface area contributed by atoms with E-state index < -0.39 is 19.6 Å². The van der Waals surface area contributed by atoms with Crippen LogP contribution in [0.2, 0.25) is 0 Å². The first-order chi connectivity index (χ1) is 4.19. The van der Waals surface area contributed by atoms with Gasteiger partial charge in [0.05, 0.1) is 0 Å². The summed E-state index contributed by atoms with van der Waals surface area (Å²) in [7, 11) is 1.19. The van der Waals surface area contributed by atoms with E-state index >= 15 is 0 Å². The maximum atomic E-state index is 10.6. The Hall–Kier alpha value is -0.0900. The van der Waals surface area contributed by atoms with Crippen LogP contribution in [0.3, 0.4) is 0 Å². The Labute approximate surface area is 64.8 Å². The molecule has 0 aromatic rings. The number of hydrogen-bond donors (Lipinski definition) is 0. The highest BCUT2D eigenvalue weighted by atomic mass is 35.7. The average Bonchev–Trinajstić information content (AvgIpc) is 1.62. The van der Waals surface area contributed by atoms with Crippen LogP contribution >= 0.6 is 10.7 Å². The van der Waals surface area contributed by atoms with Gasteiger partial charge in [0, 0.05) is 10.7 Å². The van der Waals surface area contributed by atoms with Gasteiger partial charge in [-0.05, 0) is 20.8 Å². The second-order valence-electron chi connectivity index (χ2n) is 2.50. The molecule has 0 unspecified atom stereocenters. The lowest BCUT2D eigenvalue weighted by Crippen LogP contribution is -2.35. The topological polar surface area (TPSA) is 51.2 Å². The zero-order valence-corrected chi connectivity index (χ0v) is 7.58. The smallest absolute Gasteiger partial charge is 0.244 e. The summed E-state index contributed by atoms with van der Waals surface area (Å²) in [6.45, 7) is 3.75. The molecule has 0 aliphatic heterocycles. The minimum atomic E-state index is -3.78. The standard InChI is InChI=1S/C5H9ClO3S/c1-4(7)5(2,3)10(6,8)9/h1-3H3. The van der Waals surface area contributed by atoms with E-state index in [4.69, 9.17) is 10.7 Å². The first kappa shape index (κ1) is 9.91. The molecule has 0 aliphatic carbocycles. The van der Waals surface area contributed by atoms with Gasteiger partial charge in [-0.2, -0.15) is 0 Å². The zero-order valence-electron chi connectivity index (χ0n) is 6.01.